The third kappa shape index (κ3) is 4.88. The molecule has 1 aliphatic rings. The van der Waals surface area contributed by atoms with Crippen LogP contribution in [0.3, 0.4) is 0 Å². The second-order valence-electron chi connectivity index (χ2n) is 7.97. The van der Waals surface area contributed by atoms with Gasteiger partial charge >= 0.3 is 5.91 Å². The highest BCUT2D eigenvalue weighted by Crippen LogP contribution is 2.44. The third-order valence-corrected chi connectivity index (χ3v) is 6.47. The Bertz CT molecular complexity index is 1260. The number of rotatable bonds is 9. The fourth-order valence-electron chi connectivity index (χ4n) is 3.90. The number of aromatic nitrogens is 3. The molecule has 4 rings (SSSR count). The number of hydrogen-bond acceptors (Lipinski definition) is 9. The van der Waals surface area contributed by atoms with Crippen molar-refractivity contribution in [2.75, 3.05) is 18.6 Å². The van der Waals surface area contributed by atoms with Crippen LogP contribution >= 0.6 is 11.3 Å². The fourth-order valence-corrected chi connectivity index (χ4v) is 4.62. The van der Waals surface area contributed by atoms with E-state index in [9.17, 15) is 14.7 Å². The summed E-state index contributed by atoms with van der Waals surface area (Å²) >= 11 is 1.19. The number of ether oxygens (including phenoxy) is 2. The highest BCUT2D eigenvalue weighted by Gasteiger charge is 2.48. The summed E-state index contributed by atoms with van der Waals surface area (Å²) in [5.74, 6) is -0.873. The van der Waals surface area contributed by atoms with Crippen LogP contribution in [0.4, 0.5) is 5.13 Å². The van der Waals surface area contributed by atoms with E-state index in [1.165, 1.54) is 35.7 Å². The second kappa shape index (κ2) is 10.6. The van der Waals surface area contributed by atoms with Gasteiger partial charge in [-0.3, -0.25) is 19.5 Å². The van der Waals surface area contributed by atoms with Gasteiger partial charge < -0.3 is 14.6 Å². The van der Waals surface area contributed by atoms with E-state index in [4.69, 9.17) is 9.47 Å². The quantitative estimate of drug-likeness (QED) is 0.201. The largest absolute Gasteiger partial charge is 0.507 e. The normalized spacial score (nSPS) is 17.1. The number of nitrogens with zero attached hydrogens (tertiary/aromatic N) is 4. The number of amides is 1. The van der Waals surface area contributed by atoms with Gasteiger partial charge in [0.15, 0.2) is 11.5 Å². The summed E-state index contributed by atoms with van der Waals surface area (Å²) < 4.78 is 11.4. The molecule has 1 N–H and O–H groups in total. The number of benzene rings is 1. The zero-order valence-electron chi connectivity index (χ0n) is 19.7. The summed E-state index contributed by atoms with van der Waals surface area (Å²) in [7, 11) is 1.53. The van der Waals surface area contributed by atoms with Gasteiger partial charge in [0, 0.05) is 18.0 Å². The average Bonchev–Trinajstić information content (AvgIpc) is 3.42. The molecule has 3 heterocycles. The van der Waals surface area contributed by atoms with Gasteiger partial charge in [-0.2, -0.15) is 0 Å². The molecule has 9 nitrogen and oxygen atoms in total. The molecule has 0 bridgehead atoms. The van der Waals surface area contributed by atoms with Crippen LogP contribution in [-0.4, -0.2) is 45.7 Å². The molecule has 1 amide bonds. The lowest BCUT2D eigenvalue weighted by atomic mass is 9.95. The Labute approximate surface area is 207 Å². The van der Waals surface area contributed by atoms with Crippen molar-refractivity contribution in [1.82, 2.24) is 15.2 Å². The fraction of sp³-hybridized carbons (Fsp3) is 0.320. The number of ketones is 1. The van der Waals surface area contributed by atoms with Gasteiger partial charge in [0.25, 0.3) is 5.78 Å². The van der Waals surface area contributed by atoms with E-state index in [-0.39, 0.29) is 16.5 Å². The molecule has 1 unspecified atom stereocenters. The number of aliphatic hydroxyl groups excluding tert-OH is 1. The van der Waals surface area contributed by atoms with E-state index in [1.54, 1.807) is 37.3 Å². The van der Waals surface area contributed by atoms with Crippen molar-refractivity contribution >= 4 is 33.9 Å². The predicted molar refractivity (Wildman–Crippen MR) is 132 cm³/mol. The number of hydrogen-bond donors (Lipinski definition) is 1. The first-order valence-electron chi connectivity index (χ1n) is 11.3. The van der Waals surface area contributed by atoms with Crippen LogP contribution in [0.15, 0.2) is 48.3 Å². The number of Topliss-reactive ketones (excluding diaryl/α,β-unsaturated/α-hetero) is 1. The molecule has 35 heavy (non-hydrogen) atoms. The van der Waals surface area contributed by atoms with Crippen molar-refractivity contribution in [3.63, 3.8) is 0 Å². The lowest BCUT2D eigenvalue weighted by Gasteiger charge is -2.23. The lowest BCUT2D eigenvalue weighted by Crippen LogP contribution is -2.29. The Morgan fingerprint density at radius 2 is 1.89 bits per heavy atom. The maximum absolute atomic E-state index is 13.2. The molecule has 1 atom stereocenters. The summed E-state index contributed by atoms with van der Waals surface area (Å²) in [6.45, 7) is 4.43. The Morgan fingerprint density at radius 3 is 2.54 bits per heavy atom. The van der Waals surface area contributed by atoms with E-state index in [0.717, 1.165) is 19.3 Å². The number of methoxy groups -OCH3 is 1. The van der Waals surface area contributed by atoms with Crippen LogP contribution < -0.4 is 14.4 Å². The van der Waals surface area contributed by atoms with E-state index in [2.05, 4.69) is 22.1 Å². The summed E-state index contributed by atoms with van der Waals surface area (Å²) in [6.07, 6.45) is 6.07. The van der Waals surface area contributed by atoms with Crippen LogP contribution in [-0.2, 0) is 9.59 Å². The van der Waals surface area contributed by atoms with Gasteiger partial charge in [0.05, 0.1) is 25.3 Å². The van der Waals surface area contributed by atoms with E-state index in [0.29, 0.717) is 34.2 Å². The standard InChI is InChI=1S/C25H26N4O5S/c1-4-5-6-13-34-18-8-7-17(14-19(18)33-3)21-20(22(30)16-9-11-26-12-10-16)23(31)24(32)29(21)25-28-27-15(2)35-25/h7-12,14,21,30H,4-6,13H2,1-3H3. The first-order chi connectivity index (χ1) is 17.0. The van der Waals surface area contributed by atoms with Gasteiger partial charge in [-0.05, 0) is 43.2 Å². The monoisotopic (exact) mass is 494 g/mol. The van der Waals surface area contributed by atoms with Crippen LogP contribution in [0.2, 0.25) is 0 Å². The van der Waals surface area contributed by atoms with Crippen molar-refractivity contribution in [3.05, 3.63) is 64.4 Å². The Morgan fingerprint density at radius 1 is 1.11 bits per heavy atom. The van der Waals surface area contributed by atoms with E-state index >= 15 is 0 Å². The molecular weight excluding hydrogens is 468 g/mol. The summed E-state index contributed by atoms with van der Waals surface area (Å²) in [6, 6.07) is 7.43. The summed E-state index contributed by atoms with van der Waals surface area (Å²) in [5.41, 5.74) is 0.887. The zero-order valence-corrected chi connectivity index (χ0v) is 20.5. The van der Waals surface area contributed by atoms with Crippen LogP contribution in [0.1, 0.15) is 48.4 Å². The van der Waals surface area contributed by atoms with Gasteiger partial charge in [-0.15, -0.1) is 10.2 Å². The van der Waals surface area contributed by atoms with Gasteiger partial charge in [0.1, 0.15) is 10.8 Å². The molecule has 182 valence electrons. The topological polar surface area (TPSA) is 115 Å². The van der Waals surface area contributed by atoms with Gasteiger partial charge in [-0.1, -0.05) is 37.2 Å². The number of aryl methyl sites for hydroxylation is 1. The van der Waals surface area contributed by atoms with Crippen molar-refractivity contribution in [2.24, 2.45) is 0 Å². The highest BCUT2D eigenvalue weighted by molar-refractivity contribution is 7.15. The summed E-state index contributed by atoms with van der Waals surface area (Å²) in [5, 5.41) is 20.1. The number of carbonyl (C=O) groups excluding carboxylic acids is 2. The molecule has 2 aromatic heterocycles. The molecular formula is C25H26N4O5S. The predicted octanol–water partition coefficient (Wildman–Crippen LogP) is 4.45. The van der Waals surface area contributed by atoms with Crippen LogP contribution in [0.25, 0.3) is 5.76 Å². The second-order valence-corrected chi connectivity index (χ2v) is 9.13. The molecule has 0 saturated carbocycles. The maximum Gasteiger partial charge on any atom is 0.301 e. The molecule has 0 radical (unpaired) electrons. The van der Waals surface area contributed by atoms with Gasteiger partial charge in [0.2, 0.25) is 5.13 Å². The third-order valence-electron chi connectivity index (χ3n) is 5.63. The van der Waals surface area contributed by atoms with Gasteiger partial charge in [-0.25, -0.2) is 0 Å². The molecule has 10 heteroatoms. The van der Waals surface area contributed by atoms with Crippen molar-refractivity contribution in [2.45, 2.75) is 39.2 Å². The Kier molecular flexibility index (Phi) is 7.40. The maximum atomic E-state index is 13.2. The first-order valence-corrected chi connectivity index (χ1v) is 12.1. The zero-order chi connectivity index (χ0) is 24.9. The average molecular weight is 495 g/mol. The van der Waals surface area contributed by atoms with Crippen molar-refractivity contribution < 1.29 is 24.2 Å². The molecule has 1 aliphatic heterocycles. The Hall–Kier alpha value is -3.79. The van der Waals surface area contributed by atoms with Crippen molar-refractivity contribution in [1.29, 1.82) is 0 Å². The smallest absolute Gasteiger partial charge is 0.301 e. The first kappa shape index (κ1) is 24.3. The Balaban J connectivity index is 1.82. The molecule has 0 aliphatic carbocycles. The highest BCUT2D eigenvalue weighted by atomic mass is 32.1. The van der Waals surface area contributed by atoms with Crippen LogP contribution in [0.5, 0.6) is 11.5 Å². The number of aliphatic hydroxyl groups is 1. The molecule has 1 saturated heterocycles. The van der Waals surface area contributed by atoms with Crippen molar-refractivity contribution in [3.8, 4) is 11.5 Å². The van der Waals surface area contributed by atoms with E-state index in [1.807, 2.05) is 0 Å². The number of pyridine rings is 1. The number of anilines is 1. The summed E-state index contributed by atoms with van der Waals surface area (Å²) in [4.78, 5) is 31.6. The molecule has 1 aromatic carbocycles. The molecule has 1 fully saturated rings. The molecule has 3 aromatic rings. The minimum Gasteiger partial charge on any atom is -0.507 e. The minimum absolute atomic E-state index is 0.0484. The number of carbonyl (C=O) groups is 2. The number of unbranched alkanes of at least 4 members (excludes halogenated alkanes) is 2. The lowest BCUT2D eigenvalue weighted by molar-refractivity contribution is -0.132. The molecule has 0 spiro atoms. The van der Waals surface area contributed by atoms with E-state index < -0.39 is 17.7 Å². The van der Waals surface area contributed by atoms with Crippen LogP contribution in [0, 0.1) is 6.92 Å². The minimum atomic E-state index is -0.932. The SMILES string of the molecule is CCCCCOc1ccc(C2C(=C(O)c3ccncc3)C(=O)C(=O)N2c2nnc(C)s2)cc1OC.